The fourth-order valence-electron chi connectivity index (χ4n) is 2.85. The summed E-state index contributed by atoms with van der Waals surface area (Å²) in [7, 11) is 1.85. The molecule has 0 aromatic rings. The van der Waals surface area contributed by atoms with Crippen LogP contribution in [0.1, 0.15) is 38.5 Å². The predicted octanol–water partition coefficient (Wildman–Crippen LogP) is 1.94. The molecule has 0 amide bonds. The number of ether oxygens (including phenoxy) is 1. The van der Waals surface area contributed by atoms with Gasteiger partial charge in [0, 0.05) is 13.2 Å². The van der Waals surface area contributed by atoms with Crippen LogP contribution in [0.4, 0.5) is 0 Å². The summed E-state index contributed by atoms with van der Waals surface area (Å²) >= 11 is 0. The van der Waals surface area contributed by atoms with Crippen molar-refractivity contribution in [1.29, 1.82) is 0 Å². The van der Waals surface area contributed by atoms with Crippen LogP contribution in [0.5, 0.6) is 0 Å². The minimum absolute atomic E-state index is 0.520. The number of rotatable bonds is 2. The van der Waals surface area contributed by atoms with Crippen LogP contribution in [0.25, 0.3) is 0 Å². The fraction of sp³-hybridized carbons (Fsp3) is 1.00. The van der Waals surface area contributed by atoms with Crippen LogP contribution in [0.3, 0.4) is 0 Å². The monoisotopic (exact) mass is 183 g/mol. The molecule has 2 fully saturated rings. The third-order valence-corrected chi connectivity index (χ3v) is 3.69. The van der Waals surface area contributed by atoms with E-state index in [1.807, 2.05) is 7.11 Å². The summed E-state index contributed by atoms with van der Waals surface area (Å²) in [6, 6.07) is 0.751. The second kappa shape index (κ2) is 4.43. The van der Waals surface area contributed by atoms with E-state index in [0.29, 0.717) is 6.10 Å². The maximum Gasteiger partial charge on any atom is 0.0598 e. The second-order valence-electron chi connectivity index (χ2n) is 4.49. The normalized spacial score (nSPS) is 36.7. The molecule has 2 aliphatic rings. The van der Waals surface area contributed by atoms with Gasteiger partial charge in [-0.15, -0.1) is 0 Å². The van der Waals surface area contributed by atoms with Crippen LogP contribution in [0.2, 0.25) is 0 Å². The number of piperidine rings is 1. The Kier molecular flexibility index (Phi) is 3.23. The van der Waals surface area contributed by atoms with E-state index in [1.54, 1.807) is 0 Å². The van der Waals surface area contributed by atoms with Crippen molar-refractivity contribution in [2.75, 3.05) is 13.7 Å². The zero-order chi connectivity index (χ0) is 9.10. The molecule has 1 N–H and O–H groups in total. The molecule has 1 heterocycles. The van der Waals surface area contributed by atoms with E-state index in [9.17, 15) is 0 Å². The number of methoxy groups -OCH3 is 1. The van der Waals surface area contributed by atoms with Gasteiger partial charge in [0.2, 0.25) is 0 Å². The van der Waals surface area contributed by atoms with Gasteiger partial charge in [-0.2, -0.15) is 0 Å². The lowest BCUT2D eigenvalue weighted by Gasteiger charge is -2.33. The molecule has 2 nitrogen and oxygen atoms in total. The van der Waals surface area contributed by atoms with Gasteiger partial charge < -0.3 is 10.1 Å². The van der Waals surface area contributed by atoms with Gasteiger partial charge in [-0.25, -0.2) is 0 Å². The predicted molar refractivity (Wildman–Crippen MR) is 53.8 cm³/mol. The van der Waals surface area contributed by atoms with Crippen molar-refractivity contribution in [3.05, 3.63) is 0 Å². The van der Waals surface area contributed by atoms with Crippen LogP contribution < -0.4 is 5.32 Å². The molecule has 13 heavy (non-hydrogen) atoms. The molecule has 1 saturated carbocycles. The molecule has 0 aromatic heterocycles. The first-order valence-corrected chi connectivity index (χ1v) is 5.66. The average Bonchev–Trinajstić information content (AvgIpc) is 2.71. The Hall–Kier alpha value is -0.0800. The van der Waals surface area contributed by atoms with Crippen molar-refractivity contribution in [3.8, 4) is 0 Å². The molecule has 1 aliphatic heterocycles. The molecule has 0 aromatic carbocycles. The molecular weight excluding hydrogens is 162 g/mol. The fourth-order valence-corrected chi connectivity index (χ4v) is 2.85. The van der Waals surface area contributed by atoms with Gasteiger partial charge in [0.1, 0.15) is 0 Å². The zero-order valence-corrected chi connectivity index (χ0v) is 8.59. The van der Waals surface area contributed by atoms with Crippen LogP contribution in [-0.2, 0) is 4.74 Å². The Morgan fingerprint density at radius 3 is 2.62 bits per heavy atom. The van der Waals surface area contributed by atoms with Crippen molar-refractivity contribution in [2.24, 2.45) is 5.92 Å². The van der Waals surface area contributed by atoms with E-state index in [2.05, 4.69) is 5.32 Å². The molecule has 2 atom stereocenters. The number of hydrogen-bond donors (Lipinski definition) is 1. The standard InChI is InChI=1S/C11H21NO/c1-13-10-6-7-12-11(8-10)9-4-2-3-5-9/h9-12H,2-8H2,1H3. The van der Waals surface area contributed by atoms with E-state index in [4.69, 9.17) is 4.74 Å². The van der Waals surface area contributed by atoms with Crippen LogP contribution in [-0.4, -0.2) is 25.8 Å². The molecule has 2 rings (SSSR count). The van der Waals surface area contributed by atoms with Gasteiger partial charge >= 0.3 is 0 Å². The van der Waals surface area contributed by atoms with Crippen LogP contribution >= 0.6 is 0 Å². The lowest BCUT2D eigenvalue weighted by molar-refractivity contribution is 0.0523. The molecule has 0 spiro atoms. The zero-order valence-electron chi connectivity index (χ0n) is 8.59. The van der Waals surface area contributed by atoms with E-state index in [1.165, 1.54) is 38.5 Å². The van der Waals surface area contributed by atoms with Gasteiger partial charge in [0.15, 0.2) is 0 Å². The van der Waals surface area contributed by atoms with Gasteiger partial charge in [-0.05, 0) is 38.1 Å². The van der Waals surface area contributed by atoms with E-state index < -0.39 is 0 Å². The summed E-state index contributed by atoms with van der Waals surface area (Å²) in [4.78, 5) is 0. The van der Waals surface area contributed by atoms with Gasteiger partial charge in [0.25, 0.3) is 0 Å². The summed E-state index contributed by atoms with van der Waals surface area (Å²) in [6.45, 7) is 1.15. The lowest BCUT2D eigenvalue weighted by Crippen LogP contribution is -2.44. The molecule has 2 unspecified atom stereocenters. The Morgan fingerprint density at radius 1 is 1.15 bits per heavy atom. The SMILES string of the molecule is COC1CCNC(C2CCCC2)C1. The highest BCUT2D eigenvalue weighted by molar-refractivity contribution is 4.86. The Morgan fingerprint density at radius 2 is 1.92 bits per heavy atom. The molecule has 1 saturated heterocycles. The topological polar surface area (TPSA) is 21.3 Å². The summed E-state index contributed by atoms with van der Waals surface area (Å²) in [6.07, 6.45) is 8.72. The van der Waals surface area contributed by atoms with E-state index >= 15 is 0 Å². The average molecular weight is 183 g/mol. The molecule has 0 bridgehead atoms. The Labute approximate surface area is 81.0 Å². The Balaban J connectivity index is 1.84. The first-order valence-electron chi connectivity index (χ1n) is 5.66. The van der Waals surface area contributed by atoms with Crippen LogP contribution in [0.15, 0.2) is 0 Å². The lowest BCUT2D eigenvalue weighted by atomic mass is 9.89. The molecule has 2 heteroatoms. The highest BCUT2D eigenvalue weighted by atomic mass is 16.5. The highest BCUT2D eigenvalue weighted by Crippen LogP contribution is 2.31. The first kappa shape index (κ1) is 9.47. The molecule has 0 radical (unpaired) electrons. The summed E-state index contributed by atoms with van der Waals surface area (Å²) in [5.41, 5.74) is 0. The number of hydrogen-bond acceptors (Lipinski definition) is 2. The van der Waals surface area contributed by atoms with Crippen molar-refractivity contribution in [3.63, 3.8) is 0 Å². The van der Waals surface area contributed by atoms with Crippen molar-refractivity contribution in [2.45, 2.75) is 50.7 Å². The number of nitrogens with one attached hydrogen (secondary N) is 1. The maximum absolute atomic E-state index is 5.44. The van der Waals surface area contributed by atoms with Gasteiger partial charge in [-0.3, -0.25) is 0 Å². The quantitative estimate of drug-likeness (QED) is 0.706. The molecular formula is C11H21NO. The Bertz CT molecular complexity index is 154. The van der Waals surface area contributed by atoms with E-state index in [0.717, 1.165) is 18.5 Å². The molecule has 1 aliphatic carbocycles. The molecule has 76 valence electrons. The third-order valence-electron chi connectivity index (χ3n) is 3.69. The van der Waals surface area contributed by atoms with Gasteiger partial charge in [-0.1, -0.05) is 12.8 Å². The highest BCUT2D eigenvalue weighted by Gasteiger charge is 2.29. The van der Waals surface area contributed by atoms with Crippen molar-refractivity contribution in [1.82, 2.24) is 5.32 Å². The summed E-state index contributed by atoms with van der Waals surface area (Å²) < 4.78 is 5.44. The first-order chi connectivity index (χ1) is 6.40. The summed E-state index contributed by atoms with van der Waals surface area (Å²) in [5.74, 6) is 0.943. The minimum Gasteiger partial charge on any atom is -0.381 e. The summed E-state index contributed by atoms with van der Waals surface area (Å²) in [5, 5.41) is 3.65. The third kappa shape index (κ3) is 2.23. The van der Waals surface area contributed by atoms with E-state index in [-0.39, 0.29) is 0 Å². The second-order valence-corrected chi connectivity index (χ2v) is 4.49. The van der Waals surface area contributed by atoms with Crippen molar-refractivity contribution < 1.29 is 4.74 Å². The largest absolute Gasteiger partial charge is 0.381 e. The van der Waals surface area contributed by atoms with Crippen LogP contribution in [0, 0.1) is 5.92 Å². The van der Waals surface area contributed by atoms with Crippen molar-refractivity contribution >= 4 is 0 Å². The maximum atomic E-state index is 5.44. The van der Waals surface area contributed by atoms with Gasteiger partial charge in [0.05, 0.1) is 6.10 Å². The smallest absolute Gasteiger partial charge is 0.0598 e. The minimum atomic E-state index is 0.520.